The Morgan fingerprint density at radius 1 is 0.725 bits per heavy atom. The standard InChI is InChI=1S/C34H30N6/c1-21-16-18-26(19-17-21)40-33-30(24(4)38-40)31(27-13-6-5-11-23(27)3)39-29-15-8-7-14-28(29)36-32(34(39)37-33)35-25-12-9-10-22(2)20-25/h5-20,31H,1-4H3,(H,35,36)/t31-/m1/s1. The molecular formula is C34H30N6. The molecule has 7 rings (SSSR count). The van der Waals surface area contributed by atoms with E-state index in [1.807, 2.05) is 10.7 Å². The Labute approximate surface area is 234 Å². The van der Waals surface area contributed by atoms with Crippen LogP contribution >= 0.6 is 0 Å². The van der Waals surface area contributed by atoms with Crippen LogP contribution in [0, 0.1) is 27.7 Å². The third-order valence-electron chi connectivity index (χ3n) is 7.68. The number of hydrogen-bond donors (Lipinski definition) is 1. The highest BCUT2D eigenvalue weighted by Crippen LogP contribution is 2.48. The van der Waals surface area contributed by atoms with E-state index in [0.29, 0.717) is 5.84 Å². The maximum absolute atomic E-state index is 5.34. The maximum Gasteiger partial charge on any atom is 0.179 e. The summed E-state index contributed by atoms with van der Waals surface area (Å²) in [6.07, 6.45) is 0. The summed E-state index contributed by atoms with van der Waals surface area (Å²) in [5, 5.41) is 8.66. The zero-order valence-electron chi connectivity index (χ0n) is 23.1. The molecule has 0 bridgehead atoms. The molecule has 0 radical (unpaired) electrons. The first-order valence-electron chi connectivity index (χ1n) is 13.6. The van der Waals surface area contributed by atoms with Gasteiger partial charge in [-0.15, -0.1) is 0 Å². The Balaban J connectivity index is 1.51. The molecule has 0 spiro atoms. The lowest BCUT2D eigenvalue weighted by Crippen LogP contribution is -2.46. The van der Waals surface area contributed by atoms with Crippen LogP contribution in [0.15, 0.2) is 107 Å². The quantitative estimate of drug-likeness (QED) is 0.262. The van der Waals surface area contributed by atoms with Gasteiger partial charge >= 0.3 is 0 Å². The van der Waals surface area contributed by atoms with Crippen LogP contribution in [0.5, 0.6) is 0 Å². The van der Waals surface area contributed by atoms with Crippen molar-refractivity contribution in [3.05, 3.63) is 131 Å². The number of amidine groups is 2. The van der Waals surface area contributed by atoms with E-state index in [2.05, 4.69) is 129 Å². The largest absolute Gasteiger partial charge is 0.337 e. The maximum atomic E-state index is 5.34. The Kier molecular flexibility index (Phi) is 5.63. The lowest BCUT2D eigenvalue weighted by molar-refractivity contribution is 0.809. The summed E-state index contributed by atoms with van der Waals surface area (Å²) >= 11 is 0. The summed E-state index contributed by atoms with van der Waals surface area (Å²) < 4.78 is 1.98. The normalized spacial score (nSPS) is 15.5. The Morgan fingerprint density at radius 3 is 2.30 bits per heavy atom. The van der Waals surface area contributed by atoms with Crippen LogP contribution < -0.4 is 10.2 Å². The molecule has 1 atom stereocenters. The van der Waals surface area contributed by atoms with Crippen molar-refractivity contribution in [1.29, 1.82) is 0 Å². The molecular weight excluding hydrogens is 492 g/mol. The number of rotatable bonds is 3. The zero-order chi connectivity index (χ0) is 27.4. The van der Waals surface area contributed by atoms with Crippen LogP contribution in [0.1, 0.15) is 39.6 Å². The molecule has 0 aliphatic carbocycles. The number of aromatic nitrogens is 2. The highest BCUT2D eigenvalue weighted by Gasteiger charge is 2.41. The number of fused-ring (bicyclic) bond motifs is 4. The van der Waals surface area contributed by atoms with E-state index in [9.17, 15) is 0 Å². The van der Waals surface area contributed by atoms with Gasteiger partial charge in [0.1, 0.15) is 0 Å². The Bertz CT molecular complexity index is 1830. The van der Waals surface area contributed by atoms with E-state index in [4.69, 9.17) is 15.1 Å². The van der Waals surface area contributed by atoms with E-state index in [1.54, 1.807) is 0 Å². The van der Waals surface area contributed by atoms with Crippen molar-refractivity contribution in [2.75, 3.05) is 10.2 Å². The fourth-order valence-electron chi connectivity index (χ4n) is 5.71. The van der Waals surface area contributed by atoms with Gasteiger partial charge in [-0.3, -0.25) is 0 Å². The van der Waals surface area contributed by atoms with Gasteiger partial charge in [0.2, 0.25) is 0 Å². The molecule has 1 aromatic heterocycles. The van der Waals surface area contributed by atoms with Crippen LogP contribution in [-0.2, 0) is 0 Å². The Hall–Kier alpha value is -4.97. The lowest BCUT2D eigenvalue weighted by Gasteiger charge is -2.41. The van der Waals surface area contributed by atoms with Gasteiger partial charge in [-0.25, -0.2) is 14.7 Å². The number of hydrogen-bond acceptors (Lipinski definition) is 5. The second-order valence-electron chi connectivity index (χ2n) is 10.6. The minimum Gasteiger partial charge on any atom is -0.337 e. The van der Waals surface area contributed by atoms with Gasteiger partial charge in [0.25, 0.3) is 0 Å². The first kappa shape index (κ1) is 24.1. The molecule has 0 fully saturated rings. The molecule has 6 heteroatoms. The number of nitrogens with one attached hydrogen (secondary N) is 1. The summed E-state index contributed by atoms with van der Waals surface area (Å²) in [6, 6.07) is 33.6. The molecule has 0 saturated heterocycles. The van der Waals surface area contributed by atoms with Crippen molar-refractivity contribution < 1.29 is 0 Å². The number of anilines is 2. The van der Waals surface area contributed by atoms with Crippen LogP contribution in [0.3, 0.4) is 0 Å². The molecule has 2 aliphatic heterocycles. The van der Waals surface area contributed by atoms with Crippen LogP contribution in [0.2, 0.25) is 0 Å². The Morgan fingerprint density at radius 2 is 1.50 bits per heavy atom. The minimum absolute atomic E-state index is 0.131. The van der Waals surface area contributed by atoms with Crippen LogP contribution in [-0.4, -0.2) is 21.5 Å². The molecule has 0 amide bonds. The molecule has 40 heavy (non-hydrogen) atoms. The first-order valence-corrected chi connectivity index (χ1v) is 13.6. The molecule has 2 aliphatic rings. The molecule has 0 saturated carbocycles. The third-order valence-corrected chi connectivity index (χ3v) is 7.68. The number of aliphatic imine (C=N–C) groups is 2. The van der Waals surface area contributed by atoms with Gasteiger partial charge in [-0.2, -0.15) is 5.10 Å². The predicted octanol–water partition coefficient (Wildman–Crippen LogP) is 7.90. The second kappa shape index (κ2) is 9.35. The van der Waals surface area contributed by atoms with E-state index >= 15 is 0 Å². The van der Waals surface area contributed by atoms with Crippen LogP contribution in [0.4, 0.5) is 22.9 Å². The van der Waals surface area contributed by atoms with Crippen molar-refractivity contribution in [2.24, 2.45) is 9.98 Å². The van der Waals surface area contributed by atoms with Gasteiger partial charge in [-0.05, 0) is 80.8 Å². The second-order valence-corrected chi connectivity index (χ2v) is 10.6. The van der Waals surface area contributed by atoms with E-state index in [-0.39, 0.29) is 6.04 Å². The topological polar surface area (TPSA) is 57.8 Å². The van der Waals surface area contributed by atoms with Crippen molar-refractivity contribution >= 4 is 34.6 Å². The fraction of sp³-hybridized carbons (Fsp3) is 0.147. The lowest BCUT2D eigenvalue weighted by atomic mass is 9.90. The van der Waals surface area contributed by atoms with Crippen molar-refractivity contribution in [3.8, 4) is 5.69 Å². The molecule has 6 nitrogen and oxygen atoms in total. The summed E-state index contributed by atoms with van der Waals surface area (Å²) in [6.45, 7) is 8.46. The van der Waals surface area contributed by atoms with Crippen molar-refractivity contribution in [3.63, 3.8) is 0 Å². The smallest absolute Gasteiger partial charge is 0.179 e. The highest BCUT2D eigenvalue weighted by molar-refractivity contribution is 6.51. The van der Waals surface area contributed by atoms with E-state index in [1.165, 1.54) is 22.3 Å². The van der Waals surface area contributed by atoms with Gasteiger partial charge < -0.3 is 10.2 Å². The summed E-state index contributed by atoms with van der Waals surface area (Å²) in [5.74, 6) is 2.32. The first-order chi connectivity index (χ1) is 19.5. The number of aryl methyl sites for hydroxylation is 4. The highest BCUT2D eigenvalue weighted by atomic mass is 15.4. The predicted molar refractivity (Wildman–Crippen MR) is 164 cm³/mol. The van der Waals surface area contributed by atoms with Gasteiger partial charge in [0.15, 0.2) is 17.5 Å². The summed E-state index contributed by atoms with van der Waals surface area (Å²) in [4.78, 5) is 12.8. The zero-order valence-corrected chi connectivity index (χ0v) is 23.1. The summed E-state index contributed by atoms with van der Waals surface area (Å²) in [7, 11) is 0. The number of nitrogens with zero attached hydrogens (tertiary/aromatic N) is 5. The molecule has 1 N–H and O–H groups in total. The molecule has 5 aromatic rings. The third kappa shape index (κ3) is 3.92. The average Bonchev–Trinajstić information content (AvgIpc) is 3.29. The van der Waals surface area contributed by atoms with Crippen molar-refractivity contribution in [1.82, 2.24) is 9.78 Å². The average molecular weight is 523 g/mol. The van der Waals surface area contributed by atoms with Crippen LogP contribution in [0.25, 0.3) is 5.69 Å². The van der Waals surface area contributed by atoms with E-state index < -0.39 is 0 Å². The van der Waals surface area contributed by atoms with Crippen molar-refractivity contribution in [2.45, 2.75) is 33.7 Å². The number of para-hydroxylation sites is 2. The fourth-order valence-corrected chi connectivity index (χ4v) is 5.71. The summed E-state index contributed by atoms with van der Waals surface area (Å²) in [5.41, 5.74) is 10.8. The number of benzene rings is 4. The monoisotopic (exact) mass is 522 g/mol. The molecule has 4 aromatic carbocycles. The van der Waals surface area contributed by atoms with Gasteiger partial charge in [-0.1, -0.05) is 66.2 Å². The van der Waals surface area contributed by atoms with E-state index in [0.717, 1.165) is 45.7 Å². The minimum atomic E-state index is -0.131. The molecule has 0 unspecified atom stereocenters. The van der Waals surface area contributed by atoms with Gasteiger partial charge in [0.05, 0.1) is 28.8 Å². The SMILES string of the molecule is Cc1ccc(-n2nc(C)c3c2N=C2C(Nc4cccc(C)c4)=Nc4ccccc4N2[C@@H]3c2ccccc2C)cc1. The molecule has 3 heterocycles. The van der Waals surface area contributed by atoms with Gasteiger partial charge in [0, 0.05) is 11.3 Å². The molecule has 196 valence electrons.